The predicted molar refractivity (Wildman–Crippen MR) is 76.3 cm³/mol. The lowest BCUT2D eigenvalue weighted by molar-refractivity contribution is -0.271. The molecule has 1 unspecified atom stereocenters. The van der Waals surface area contributed by atoms with Crippen molar-refractivity contribution in [3.8, 4) is 0 Å². The van der Waals surface area contributed by atoms with Crippen LogP contribution in [0.4, 0.5) is 13.2 Å². The Kier molecular flexibility index (Phi) is 5.81. The van der Waals surface area contributed by atoms with Gasteiger partial charge in [0, 0.05) is 26.0 Å². The zero-order valence-electron chi connectivity index (χ0n) is 13.3. The molecular weight excluding hydrogens is 315 g/mol. The van der Waals surface area contributed by atoms with Gasteiger partial charge in [0.15, 0.2) is 5.82 Å². The van der Waals surface area contributed by atoms with Gasteiger partial charge in [0.2, 0.25) is 11.5 Å². The topological polar surface area (TPSA) is 87.4 Å². The molecule has 0 saturated carbocycles. The standard InChI is InChI=1S/C14H22F3N3O3/c1-4-12(22,5-2)9-19-10(21)8-13(23,14(15,16)17)11-18-6-7-20(11)3/h6-7,22-23H,4-5,8-9H2,1-3H3,(H,19,21). The van der Waals surface area contributed by atoms with Gasteiger partial charge in [-0.25, -0.2) is 4.98 Å². The molecule has 1 aromatic rings. The van der Waals surface area contributed by atoms with E-state index in [4.69, 9.17) is 0 Å². The minimum absolute atomic E-state index is 0.187. The van der Waals surface area contributed by atoms with Gasteiger partial charge in [-0.1, -0.05) is 13.8 Å². The molecule has 1 aromatic heterocycles. The average molecular weight is 337 g/mol. The first-order valence-electron chi connectivity index (χ1n) is 7.25. The second-order valence-electron chi connectivity index (χ2n) is 5.60. The highest BCUT2D eigenvalue weighted by molar-refractivity contribution is 5.77. The van der Waals surface area contributed by atoms with E-state index in [1.165, 1.54) is 13.2 Å². The van der Waals surface area contributed by atoms with Crippen LogP contribution in [-0.4, -0.2) is 44.0 Å². The molecule has 1 atom stereocenters. The van der Waals surface area contributed by atoms with E-state index in [1.807, 2.05) is 0 Å². The molecule has 23 heavy (non-hydrogen) atoms. The lowest BCUT2D eigenvalue weighted by atomic mass is 9.95. The summed E-state index contributed by atoms with van der Waals surface area (Å²) in [7, 11) is 1.30. The van der Waals surface area contributed by atoms with Gasteiger partial charge < -0.3 is 20.1 Å². The third-order valence-corrected chi connectivity index (χ3v) is 4.01. The van der Waals surface area contributed by atoms with Crippen molar-refractivity contribution in [1.82, 2.24) is 14.9 Å². The van der Waals surface area contributed by atoms with Gasteiger partial charge in [0.05, 0.1) is 12.0 Å². The molecule has 0 bridgehead atoms. The second-order valence-corrected chi connectivity index (χ2v) is 5.60. The van der Waals surface area contributed by atoms with Crippen LogP contribution in [0.25, 0.3) is 0 Å². The van der Waals surface area contributed by atoms with Crippen LogP contribution in [0.2, 0.25) is 0 Å². The fourth-order valence-corrected chi connectivity index (χ4v) is 2.13. The number of aromatic nitrogens is 2. The van der Waals surface area contributed by atoms with Crippen molar-refractivity contribution >= 4 is 5.91 Å². The number of hydrogen-bond donors (Lipinski definition) is 3. The van der Waals surface area contributed by atoms with Crippen LogP contribution in [0.1, 0.15) is 38.9 Å². The number of aliphatic hydroxyl groups is 2. The number of aryl methyl sites for hydroxylation is 1. The Hall–Kier alpha value is -1.61. The Morgan fingerprint density at radius 1 is 1.30 bits per heavy atom. The van der Waals surface area contributed by atoms with E-state index in [2.05, 4.69) is 10.3 Å². The van der Waals surface area contributed by atoms with E-state index < -0.39 is 35.5 Å². The van der Waals surface area contributed by atoms with Gasteiger partial charge in [0.25, 0.3) is 0 Å². The Morgan fingerprint density at radius 2 is 1.87 bits per heavy atom. The van der Waals surface area contributed by atoms with Gasteiger partial charge >= 0.3 is 6.18 Å². The van der Waals surface area contributed by atoms with Crippen LogP contribution in [0, 0.1) is 0 Å². The zero-order valence-corrected chi connectivity index (χ0v) is 13.3. The van der Waals surface area contributed by atoms with Crippen LogP contribution in [-0.2, 0) is 17.4 Å². The minimum atomic E-state index is -5.07. The number of imidazole rings is 1. The molecule has 6 nitrogen and oxygen atoms in total. The highest BCUT2D eigenvalue weighted by atomic mass is 19.4. The molecule has 0 aromatic carbocycles. The average Bonchev–Trinajstić information content (AvgIpc) is 2.90. The summed E-state index contributed by atoms with van der Waals surface area (Å²) in [4.78, 5) is 15.4. The summed E-state index contributed by atoms with van der Waals surface area (Å²) in [6.45, 7) is 3.22. The quantitative estimate of drug-likeness (QED) is 0.698. The summed E-state index contributed by atoms with van der Waals surface area (Å²) in [6, 6.07) is 0. The maximum Gasteiger partial charge on any atom is 0.425 e. The van der Waals surface area contributed by atoms with E-state index in [1.54, 1.807) is 13.8 Å². The zero-order chi connectivity index (χ0) is 17.9. The van der Waals surface area contributed by atoms with Gasteiger partial charge in [-0.3, -0.25) is 4.79 Å². The molecule has 0 saturated heterocycles. The number of nitrogens with zero attached hydrogens (tertiary/aromatic N) is 2. The van der Waals surface area contributed by atoms with Crippen molar-refractivity contribution < 1.29 is 28.2 Å². The Morgan fingerprint density at radius 3 is 2.26 bits per heavy atom. The number of amides is 1. The fraction of sp³-hybridized carbons (Fsp3) is 0.714. The Bertz CT molecular complexity index is 541. The van der Waals surface area contributed by atoms with Crippen molar-refractivity contribution in [3.05, 3.63) is 18.2 Å². The summed E-state index contributed by atoms with van der Waals surface area (Å²) in [5, 5.41) is 22.4. The summed E-state index contributed by atoms with van der Waals surface area (Å²) in [5.74, 6) is -1.69. The molecule has 0 fully saturated rings. The van der Waals surface area contributed by atoms with Gasteiger partial charge in [0.1, 0.15) is 0 Å². The molecule has 0 radical (unpaired) electrons. The molecule has 3 N–H and O–H groups in total. The van der Waals surface area contributed by atoms with E-state index in [0.717, 1.165) is 10.8 Å². The molecule has 9 heteroatoms. The highest BCUT2D eigenvalue weighted by Crippen LogP contribution is 2.40. The highest BCUT2D eigenvalue weighted by Gasteiger charge is 2.58. The number of halogens is 3. The lowest BCUT2D eigenvalue weighted by Crippen LogP contribution is -2.49. The largest absolute Gasteiger partial charge is 0.425 e. The lowest BCUT2D eigenvalue weighted by Gasteiger charge is -2.30. The number of rotatable bonds is 7. The monoisotopic (exact) mass is 337 g/mol. The first-order chi connectivity index (χ1) is 10.5. The fourth-order valence-electron chi connectivity index (χ4n) is 2.13. The van der Waals surface area contributed by atoms with E-state index >= 15 is 0 Å². The first-order valence-corrected chi connectivity index (χ1v) is 7.25. The maximum absolute atomic E-state index is 13.3. The molecule has 0 aliphatic rings. The number of carbonyl (C=O) groups is 1. The SMILES string of the molecule is CCC(O)(CC)CNC(=O)CC(O)(c1nccn1C)C(F)(F)F. The van der Waals surface area contributed by atoms with Crippen LogP contribution < -0.4 is 5.32 Å². The van der Waals surface area contributed by atoms with Crippen molar-refractivity contribution in [1.29, 1.82) is 0 Å². The maximum atomic E-state index is 13.3. The van der Waals surface area contributed by atoms with E-state index in [0.29, 0.717) is 12.8 Å². The molecular formula is C14H22F3N3O3. The van der Waals surface area contributed by atoms with Crippen molar-refractivity contribution in [2.75, 3.05) is 6.54 Å². The summed E-state index contributed by atoms with van der Waals surface area (Å²) in [6.07, 6.45) is -3.27. The second kappa shape index (κ2) is 6.88. The summed E-state index contributed by atoms with van der Waals surface area (Å²) < 4.78 is 40.9. The van der Waals surface area contributed by atoms with Crippen molar-refractivity contribution in [2.24, 2.45) is 7.05 Å². The van der Waals surface area contributed by atoms with Crippen molar-refractivity contribution in [3.63, 3.8) is 0 Å². The van der Waals surface area contributed by atoms with E-state index in [9.17, 15) is 28.2 Å². The van der Waals surface area contributed by atoms with Gasteiger partial charge in [-0.2, -0.15) is 13.2 Å². The number of alkyl halides is 3. The molecule has 0 aliphatic heterocycles. The van der Waals surface area contributed by atoms with Crippen LogP contribution >= 0.6 is 0 Å². The first kappa shape index (κ1) is 19.4. The molecule has 0 spiro atoms. The molecule has 132 valence electrons. The van der Waals surface area contributed by atoms with Crippen molar-refractivity contribution in [2.45, 2.75) is 50.5 Å². The smallest absolute Gasteiger partial charge is 0.388 e. The Labute approximate surface area is 132 Å². The number of nitrogens with one attached hydrogen (secondary N) is 1. The number of carbonyl (C=O) groups excluding carboxylic acids is 1. The van der Waals surface area contributed by atoms with Crippen LogP contribution in [0.5, 0.6) is 0 Å². The third kappa shape index (κ3) is 4.23. The summed E-state index contributed by atoms with van der Waals surface area (Å²) in [5.41, 5.74) is -4.58. The molecule has 1 heterocycles. The Balaban J connectivity index is 2.92. The molecule has 1 amide bonds. The van der Waals surface area contributed by atoms with E-state index in [-0.39, 0.29) is 6.54 Å². The molecule has 0 aliphatic carbocycles. The van der Waals surface area contributed by atoms with Crippen LogP contribution in [0.15, 0.2) is 12.4 Å². The minimum Gasteiger partial charge on any atom is -0.388 e. The number of hydrogen-bond acceptors (Lipinski definition) is 4. The van der Waals surface area contributed by atoms with Gasteiger partial charge in [-0.15, -0.1) is 0 Å². The third-order valence-electron chi connectivity index (χ3n) is 4.01. The van der Waals surface area contributed by atoms with Gasteiger partial charge in [-0.05, 0) is 12.8 Å². The summed E-state index contributed by atoms with van der Waals surface area (Å²) >= 11 is 0. The normalized spacial score (nSPS) is 15.3. The predicted octanol–water partition coefficient (Wildman–Crippen LogP) is 1.23. The van der Waals surface area contributed by atoms with Crippen LogP contribution in [0.3, 0.4) is 0 Å². The molecule has 1 rings (SSSR count).